The second-order valence-corrected chi connectivity index (χ2v) is 4.95. The Morgan fingerprint density at radius 2 is 2.00 bits per heavy atom. The number of thiol groups is 1. The largest absolute Gasteiger partial charge is 0.218 e. The third-order valence-electron chi connectivity index (χ3n) is 0.536. The highest BCUT2D eigenvalue weighted by atomic mass is 35.5. The molecule has 0 atom stereocenters. The topological polar surface area (TPSA) is 34.1 Å². The third kappa shape index (κ3) is 6.59. The monoisotopic (exact) mass is 174 g/mol. The molecule has 0 spiro atoms. The van der Waals surface area contributed by atoms with Crippen LogP contribution in [0, 0.1) is 0 Å². The average Bonchev–Trinajstić information content (AvgIpc) is 1.59. The van der Waals surface area contributed by atoms with Gasteiger partial charge in [-0.1, -0.05) is 0 Å². The van der Waals surface area contributed by atoms with Crippen LogP contribution >= 0.6 is 23.3 Å². The number of hydrogen-bond acceptors (Lipinski definition) is 2. The molecule has 0 aromatic rings. The van der Waals surface area contributed by atoms with Gasteiger partial charge in [-0.25, -0.2) is 8.42 Å². The van der Waals surface area contributed by atoms with Crippen LogP contribution in [0.15, 0.2) is 0 Å². The summed E-state index contributed by atoms with van der Waals surface area (Å²) in [6, 6.07) is 0. The number of hydrogen-bond donors (Lipinski definition) is 1. The molecule has 0 aromatic heterocycles. The van der Waals surface area contributed by atoms with Gasteiger partial charge in [0.15, 0.2) is 8.87 Å². The molecule has 8 heavy (non-hydrogen) atoms. The molecule has 0 amide bonds. The maximum Gasteiger partial charge on any atom is 0.198 e. The molecule has 0 bridgehead atoms. The highest BCUT2D eigenvalue weighted by Gasteiger charge is 1.99. The minimum Gasteiger partial charge on any atom is -0.218 e. The van der Waals surface area contributed by atoms with Gasteiger partial charge in [-0.3, -0.25) is 0 Å². The molecule has 2 nitrogen and oxygen atoms in total. The SMILES string of the molecule is O=S(=O)(S)CCCCl. The van der Waals surface area contributed by atoms with Gasteiger partial charge in [0.25, 0.3) is 0 Å². The zero-order valence-electron chi connectivity index (χ0n) is 4.17. The van der Waals surface area contributed by atoms with Crippen molar-refractivity contribution >= 4 is 32.1 Å². The van der Waals surface area contributed by atoms with E-state index in [1.54, 1.807) is 0 Å². The Kier molecular flexibility index (Phi) is 3.85. The van der Waals surface area contributed by atoms with E-state index in [2.05, 4.69) is 11.7 Å². The van der Waals surface area contributed by atoms with Crippen LogP contribution < -0.4 is 0 Å². The molecule has 0 aliphatic carbocycles. The molecule has 0 saturated heterocycles. The molecule has 0 heterocycles. The number of alkyl halides is 1. The first kappa shape index (κ1) is 8.59. The molecule has 50 valence electrons. The van der Waals surface area contributed by atoms with E-state index in [9.17, 15) is 8.42 Å². The molecular formula is C3H7ClO2S2. The minimum absolute atomic E-state index is 0.0691. The predicted octanol–water partition coefficient (Wildman–Crippen LogP) is 0.875. The molecule has 0 aliphatic rings. The Bertz CT molecular complexity index is 139. The molecule has 0 fully saturated rings. The molecule has 0 radical (unpaired) electrons. The van der Waals surface area contributed by atoms with Gasteiger partial charge in [-0.15, -0.1) is 11.6 Å². The molecule has 5 heteroatoms. The fourth-order valence-corrected chi connectivity index (χ4v) is 1.43. The van der Waals surface area contributed by atoms with E-state index < -0.39 is 8.87 Å². The van der Waals surface area contributed by atoms with Gasteiger partial charge in [0.1, 0.15) is 0 Å². The minimum atomic E-state index is -3.08. The van der Waals surface area contributed by atoms with Crippen LogP contribution in [0.25, 0.3) is 0 Å². The zero-order valence-corrected chi connectivity index (χ0v) is 6.64. The quantitative estimate of drug-likeness (QED) is 0.392. The summed E-state index contributed by atoms with van der Waals surface area (Å²) in [7, 11) is -3.08. The van der Waals surface area contributed by atoms with Gasteiger partial charge in [-0.05, 0) is 18.1 Å². The van der Waals surface area contributed by atoms with Gasteiger partial charge >= 0.3 is 0 Å². The van der Waals surface area contributed by atoms with Crippen molar-refractivity contribution in [1.29, 1.82) is 0 Å². The van der Waals surface area contributed by atoms with Crippen molar-refractivity contribution in [2.75, 3.05) is 11.6 Å². The smallest absolute Gasteiger partial charge is 0.198 e. The lowest BCUT2D eigenvalue weighted by Crippen LogP contribution is -1.96. The Morgan fingerprint density at radius 3 is 2.12 bits per heavy atom. The van der Waals surface area contributed by atoms with Crippen molar-refractivity contribution in [1.82, 2.24) is 0 Å². The van der Waals surface area contributed by atoms with Crippen LogP contribution in [0.2, 0.25) is 0 Å². The van der Waals surface area contributed by atoms with E-state index in [0.717, 1.165) is 0 Å². The van der Waals surface area contributed by atoms with Crippen LogP contribution in [-0.2, 0) is 8.87 Å². The van der Waals surface area contributed by atoms with Crippen molar-refractivity contribution in [2.45, 2.75) is 6.42 Å². The van der Waals surface area contributed by atoms with Crippen LogP contribution in [0.4, 0.5) is 0 Å². The van der Waals surface area contributed by atoms with Crippen molar-refractivity contribution in [2.24, 2.45) is 0 Å². The van der Waals surface area contributed by atoms with E-state index in [1.807, 2.05) is 0 Å². The van der Waals surface area contributed by atoms with E-state index in [0.29, 0.717) is 12.3 Å². The zero-order chi connectivity index (χ0) is 6.62. The molecule has 0 aromatic carbocycles. The maximum absolute atomic E-state index is 10.2. The standard InChI is InChI=1S/C3H7ClO2S2/c4-2-1-3-8(5,6)7/h1-3H2,(H,5,6,7). The maximum atomic E-state index is 10.2. The van der Waals surface area contributed by atoms with Gasteiger partial charge in [-0.2, -0.15) is 0 Å². The Labute approximate surface area is 59.0 Å². The van der Waals surface area contributed by atoms with Crippen LogP contribution in [-0.4, -0.2) is 20.1 Å². The van der Waals surface area contributed by atoms with Gasteiger partial charge in [0, 0.05) is 5.88 Å². The van der Waals surface area contributed by atoms with Gasteiger partial charge in [0.05, 0.1) is 5.75 Å². The summed E-state index contributed by atoms with van der Waals surface area (Å²) in [5, 5.41) is 0. The molecule has 0 aliphatic heterocycles. The summed E-state index contributed by atoms with van der Waals surface area (Å²) < 4.78 is 20.4. The molecule has 0 N–H and O–H groups in total. The Hall–Kier alpha value is 0.590. The predicted molar refractivity (Wildman–Crippen MR) is 38.1 cm³/mol. The lowest BCUT2D eigenvalue weighted by molar-refractivity contribution is 0.609. The fourth-order valence-electron chi connectivity index (χ4n) is 0.237. The summed E-state index contributed by atoms with van der Waals surface area (Å²) >= 11 is 8.51. The van der Waals surface area contributed by atoms with Crippen molar-refractivity contribution in [3.8, 4) is 0 Å². The summed E-state index contributed by atoms with van der Waals surface area (Å²) in [6.07, 6.45) is 0.480. The second kappa shape index (κ2) is 3.58. The van der Waals surface area contributed by atoms with Crippen LogP contribution in [0.5, 0.6) is 0 Å². The summed E-state index contributed by atoms with van der Waals surface area (Å²) in [4.78, 5) is 0. The third-order valence-corrected chi connectivity index (χ3v) is 2.16. The lowest BCUT2D eigenvalue weighted by Gasteiger charge is -1.89. The molecule has 0 rings (SSSR count). The molecule has 0 unspecified atom stereocenters. The van der Waals surface area contributed by atoms with Crippen LogP contribution in [0.3, 0.4) is 0 Å². The van der Waals surface area contributed by atoms with Gasteiger partial charge in [0.2, 0.25) is 0 Å². The van der Waals surface area contributed by atoms with Crippen LogP contribution in [0.1, 0.15) is 6.42 Å². The molecular weight excluding hydrogens is 168 g/mol. The first-order chi connectivity index (χ1) is 3.56. The fraction of sp³-hybridized carbons (Fsp3) is 1.00. The highest BCUT2D eigenvalue weighted by molar-refractivity contribution is 8.63. The van der Waals surface area contributed by atoms with E-state index in [1.165, 1.54) is 0 Å². The number of halogens is 1. The lowest BCUT2D eigenvalue weighted by atomic mass is 10.6. The van der Waals surface area contributed by atoms with Crippen molar-refractivity contribution < 1.29 is 8.42 Å². The first-order valence-corrected chi connectivity index (χ1v) is 5.31. The summed E-state index contributed by atoms with van der Waals surface area (Å²) in [5.74, 6) is 0.444. The number of rotatable bonds is 3. The second-order valence-electron chi connectivity index (χ2n) is 1.33. The van der Waals surface area contributed by atoms with E-state index in [4.69, 9.17) is 11.6 Å². The average molecular weight is 175 g/mol. The van der Waals surface area contributed by atoms with E-state index in [-0.39, 0.29) is 5.75 Å². The van der Waals surface area contributed by atoms with Crippen molar-refractivity contribution in [3.63, 3.8) is 0 Å². The normalized spacial score (nSPS) is 11.8. The van der Waals surface area contributed by atoms with Crippen molar-refractivity contribution in [3.05, 3.63) is 0 Å². The molecule has 0 saturated carbocycles. The Balaban J connectivity index is 3.42. The highest BCUT2D eigenvalue weighted by Crippen LogP contribution is 1.98. The first-order valence-electron chi connectivity index (χ1n) is 2.07. The Morgan fingerprint density at radius 1 is 1.50 bits per heavy atom. The van der Waals surface area contributed by atoms with E-state index >= 15 is 0 Å². The summed E-state index contributed by atoms with van der Waals surface area (Å²) in [5.41, 5.74) is 0. The van der Waals surface area contributed by atoms with Gasteiger partial charge < -0.3 is 0 Å². The summed E-state index contributed by atoms with van der Waals surface area (Å²) in [6.45, 7) is 0.